The smallest absolute Gasteiger partial charge is 0.550 e. The van der Waals surface area contributed by atoms with Crippen molar-refractivity contribution in [1.82, 2.24) is 0 Å². The molecule has 0 aliphatic carbocycles. The van der Waals surface area contributed by atoms with Crippen molar-refractivity contribution < 1.29 is 49.2 Å². The molecule has 0 saturated carbocycles. The van der Waals surface area contributed by atoms with E-state index in [0.717, 1.165) is 38.5 Å². The average Bonchev–Trinajstić information content (AvgIpc) is 3.22. The molecule has 6 nitrogen and oxygen atoms in total. The molecule has 0 saturated heterocycles. The van der Waals surface area contributed by atoms with Crippen molar-refractivity contribution in [3.63, 3.8) is 0 Å². The fourth-order valence-corrected chi connectivity index (χ4v) is 7.92. The summed E-state index contributed by atoms with van der Waals surface area (Å²) in [6.45, 7) is 6.80. The van der Waals surface area contributed by atoms with Crippen molar-refractivity contribution in [2.45, 2.75) is 329 Å². The minimum atomic E-state index is -0.903. The Morgan fingerprint density at radius 3 is 0.419 bits per heavy atom. The first-order chi connectivity index (χ1) is 29.3. The molecule has 0 unspecified atom stereocenters. The molecule has 62 heavy (non-hydrogen) atoms. The Bertz CT molecular complexity index is 724. The molecule has 0 spiro atoms. The molecule has 0 aromatic carbocycles. The van der Waals surface area contributed by atoms with E-state index in [2.05, 4.69) is 20.8 Å². The van der Waals surface area contributed by atoms with Crippen LogP contribution in [0.5, 0.6) is 0 Å². The largest absolute Gasteiger partial charge is 3.00 e. The summed E-state index contributed by atoms with van der Waals surface area (Å²) in [5.74, 6) is -2.71. The maximum absolute atomic E-state index is 10.2. The van der Waals surface area contributed by atoms with E-state index < -0.39 is 17.9 Å². The number of carboxylic acid groups (broad SMARTS) is 3. The molecule has 0 atom stereocenters. The summed E-state index contributed by atoms with van der Waals surface area (Å²) in [7, 11) is 0. The van der Waals surface area contributed by atoms with Crippen LogP contribution in [0.15, 0.2) is 0 Å². The van der Waals surface area contributed by atoms with Gasteiger partial charge < -0.3 is 29.7 Å². The van der Waals surface area contributed by atoms with Crippen LogP contribution in [-0.2, 0) is 33.9 Å². The number of aliphatic carboxylic acids is 3. The monoisotopic (exact) mass is 941 g/mol. The third-order valence-electron chi connectivity index (χ3n) is 12.0. The van der Waals surface area contributed by atoms with Gasteiger partial charge in [0.2, 0.25) is 0 Å². The number of hydrogen-bond acceptors (Lipinski definition) is 6. The molecule has 0 aromatic heterocycles. The summed E-state index contributed by atoms with van der Waals surface area (Å²) in [6, 6.07) is 0. The van der Waals surface area contributed by atoms with Crippen LogP contribution in [0.2, 0.25) is 0 Å². The summed E-state index contributed by atoms with van der Waals surface area (Å²) < 4.78 is 0. The van der Waals surface area contributed by atoms with Gasteiger partial charge in [-0.1, -0.05) is 290 Å². The Hall–Kier alpha value is -0.434. The van der Waals surface area contributed by atoms with Gasteiger partial charge in [0.15, 0.2) is 0 Å². The molecule has 0 N–H and O–H groups in total. The van der Waals surface area contributed by atoms with Gasteiger partial charge in [-0.25, -0.2) is 0 Å². The van der Waals surface area contributed by atoms with Crippen LogP contribution in [-0.4, -0.2) is 35.3 Å². The standard InChI is InChI=1S/3C18H36O2.Al.Zn/c3*1-2-3-4-5-6-7-8-9-10-11-12-13-14-15-16-17-18(19)20;;/h3*2-17H2,1H3,(H,19,20);;/q;;;+3;/p-3. The van der Waals surface area contributed by atoms with Crippen molar-refractivity contribution >= 4 is 35.3 Å². The fourth-order valence-electron chi connectivity index (χ4n) is 7.92. The van der Waals surface area contributed by atoms with Crippen molar-refractivity contribution in [2.75, 3.05) is 0 Å². The van der Waals surface area contributed by atoms with E-state index in [-0.39, 0.29) is 56.1 Å². The summed E-state index contributed by atoms with van der Waals surface area (Å²) in [6.07, 6.45) is 59.6. The van der Waals surface area contributed by atoms with E-state index in [1.54, 1.807) is 0 Å². The molecular weight excluding hydrogens is 837 g/mol. The zero-order valence-electron chi connectivity index (χ0n) is 42.2. The zero-order chi connectivity index (χ0) is 44.7. The number of unbranched alkanes of at least 4 members (excludes halogenated alkanes) is 42. The topological polar surface area (TPSA) is 120 Å². The summed E-state index contributed by atoms with van der Waals surface area (Å²) in [5.41, 5.74) is 0. The molecule has 362 valence electrons. The Kier molecular flexibility index (Phi) is 76.5. The first-order valence-electron chi connectivity index (χ1n) is 26.9. The zero-order valence-corrected chi connectivity index (χ0v) is 46.3. The molecule has 0 aromatic rings. The molecular formula is C54H105AlO6Zn. The second-order valence-corrected chi connectivity index (χ2v) is 18.2. The fraction of sp³-hybridized carbons (Fsp3) is 0.944. The third kappa shape index (κ3) is 79.9. The number of carboxylic acids is 3. The Morgan fingerprint density at radius 1 is 0.226 bits per heavy atom. The number of carbonyl (C=O) groups excluding carboxylic acids is 3. The third-order valence-corrected chi connectivity index (χ3v) is 12.0. The molecule has 0 heterocycles. The predicted molar refractivity (Wildman–Crippen MR) is 259 cm³/mol. The number of carbonyl (C=O) groups is 3. The molecule has 0 aliphatic rings. The van der Waals surface area contributed by atoms with Crippen molar-refractivity contribution in [1.29, 1.82) is 0 Å². The Labute approximate surface area is 411 Å². The van der Waals surface area contributed by atoms with Crippen LogP contribution in [0.1, 0.15) is 329 Å². The minimum Gasteiger partial charge on any atom is -0.550 e. The second-order valence-electron chi connectivity index (χ2n) is 18.2. The first-order valence-corrected chi connectivity index (χ1v) is 26.9. The van der Waals surface area contributed by atoms with Crippen molar-refractivity contribution in [3.05, 3.63) is 0 Å². The summed E-state index contributed by atoms with van der Waals surface area (Å²) in [4.78, 5) is 30.7. The van der Waals surface area contributed by atoms with E-state index >= 15 is 0 Å². The van der Waals surface area contributed by atoms with Crippen LogP contribution in [0.3, 0.4) is 0 Å². The van der Waals surface area contributed by atoms with Gasteiger partial charge in [0.25, 0.3) is 0 Å². The van der Waals surface area contributed by atoms with Crippen LogP contribution < -0.4 is 15.3 Å². The minimum absolute atomic E-state index is 0. The van der Waals surface area contributed by atoms with E-state index in [1.807, 2.05) is 0 Å². The Balaban J connectivity index is -0.000000258. The van der Waals surface area contributed by atoms with Crippen LogP contribution >= 0.6 is 0 Å². The van der Waals surface area contributed by atoms with Gasteiger partial charge in [0.05, 0.1) is 0 Å². The van der Waals surface area contributed by atoms with Gasteiger partial charge in [-0.15, -0.1) is 0 Å². The molecule has 0 amide bonds. The second kappa shape index (κ2) is 67.2. The van der Waals surface area contributed by atoms with Crippen LogP contribution in [0.4, 0.5) is 0 Å². The van der Waals surface area contributed by atoms with Gasteiger partial charge in [-0.3, -0.25) is 0 Å². The number of rotatable bonds is 48. The van der Waals surface area contributed by atoms with Crippen molar-refractivity contribution in [3.8, 4) is 0 Å². The molecule has 0 aliphatic heterocycles. The van der Waals surface area contributed by atoms with Gasteiger partial charge in [-0.2, -0.15) is 0 Å². The summed E-state index contributed by atoms with van der Waals surface area (Å²) in [5, 5.41) is 30.7. The van der Waals surface area contributed by atoms with Gasteiger partial charge in [0.1, 0.15) is 0 Å². The van der Waals surface area contributed by atoms with Crippen LogP contribution in [0, 0.1) is 0 Å². The normalized spacial score (nSPS) is 10.5. The maximum atomic E-state index is 10.2. The summed E-state index contributed by atoms with van der Waals surface area (Å²) >= 11 is 0. The molecule has 0 bridgehead atoms. The van der Waals surface area contributed by atoms with E-state index in [0.29, 0.717) is 0 Å². The molecule has 0 radical (unpaired) electrons. The molecule has 0 rings (SSSR count). The predicted octanol–water partition coefficient (Wildman–Crippen LogP) is 14.6. The van der Waals surface area contributed by atoms with E-state index in [1.165, 1.54) is 250 Å². The first kappa shape index (κ1) is 70.6. The van der Waals surface area contributed by atoms with Crippen molar-refractivity contribution in [2.24, 2.45) is 0 Å². The van der Waals surface area contributed by atoms with Gasteiger partial charge >= 0.3 is 17.4 Å². The molecule has 0 fully saturated rings. The number of hydrogen-bond donors (Lipinski definition) is 0. The SMILES string of the molecule is CCCCCCCCCCCCCCCCCC(=O)[O-].CCCCCCCCCCCCCCCCCC(=O)[O-].CCCCCCCCCCCCCCCCCC(=O)[O-].[Al+3].[Zn]. The average molecular weight is 943 g/mol. The maximum Gasteiger partial charge on any atom is 3.00 e. The van der Waals surface area contributed by atoms with Gasteiger partial charge in [0, 0.05) is 37.4 Å². The van der Waals surface area contributed by atoms with E-state index in [9.17, 15) is 29.7 Å². The molecule has 8 heteroatoms. The van der Waals surface area contributed by atoms with E-state index in [4.69, 9.17) is 0 Å². The van der Waals surface area contributed by atoms with Crippen LogP contribution in [0.25, 0.3) is 0 Å². The quantitative estimate of drug-likeness (QED) is 0.0442. The Morgan fingerprint density at radius 2 is 0.323 bits per heavy atom. The van der Waals surface area contributed by atoms with Gasteiger partial charge in [-0.05, 0) is 38.5 Å².